The number of hydrogen-bond acceptors (Lipinski definition) is 5. The van der Waals surface area contributed by atoms with E-state index in [4.69, 9.17) is 21.7 Å². The number of benzene rings is 2. The maximum absolute atomic E-state index is 13.1. The maximum atomic E-state index is 13.1. The Morgan fingerprint density at radius 3 is 2.50 bits per heavy atom. The number of hydrogen-bond donors (Lipinski definition) is 1. The first-order chi connectivity index (χ1) is 14.5. The third-order valence-electron chi connectivity index (χ3n) is 4.56. The molecule has 0 saturated carbocycles. The lowest BCUT2D eigenvalue weighted by Crippen LogP contribution is -2.54. The largest absolute Gasteiger partial charge is 0.493 e. The maximum Gasteiger partial charge on any atom is 0.270 e. The number of amides is 2. The lowest BCUT2D eigenvalue weighted by molar-refractivity contribution is -0.122. The number of nitrogens with zero attached hydrogens (tertiary/aromatic N) is 1. The van der Waals surface area contributed by atoms with Gasteiger partial charge in [-0.15, -0.1) is 0 Å². The van der Waals surface area contributed by atoms with E-state index in [1.807, 2.05) is 24.3 Å². The van der Waals surface area contributed by atoms with E-state index in [9.17, 15) is 9.59 Å². The molecule has 7 heteroatoms. The average Bonchev–Trinajstić information content (AvgIpc) is 2.75. The number of anilines is 1. The molecule has 1 aliphatic rings. The fraction of sp³-hybridized carbons (Fsp3) is 0.174. The highest BCUT2D eigenvalue weighted by molar-refractivity contribution is 7.80. The Morgan fingerprint density at radius 1 is 1.13 bits per heavy atom. The number of methoxy groups -OCH3 is 1. The zero-order chi connectivity index (χ0) is 21.7. The van der Waals surface area contributed by atoms with Crippen LogP contribution in [0.5, 0.6) is 11.5 Å². The summed E-state index contributed by atoms with van der Waals surface area (Å²) in [6, 6.07) is 12.6. The van der Waals surface area contributed by atoms with E-state index in [2.05, 4.69) is 18.8 Å². The van der Waals surface area contributed by atoms with Crippen LogP contribution in [-0.2, 0) is 16.0 Å². The molecule has 30 heavy (non-hydrogen) atoms. The number of carbonyl (C=O) groups is 2. The lowest BCUT2D eigenvalue weighted by atomic mass is 10.1. The van der Waals surface area contributed by atoms with E-state index < -0.39 is 11.8 Å². The third kappa shape index (κ3) is 4.41. The van der Waals surface area contributed by atoms with Gasteiger partial charge < -0.3 is 9.47 Å². The quantitative estimate of drug-likeness (QED) is 0.319. The van der Waals surface area contributed by atoms with E-state index in [-0.39, 0.29) is 10.7 Å². The van der Waals surface area contributed by atoms with Crippen LogP contribution in [0.4, 0.5) is 5.69 Å². The molecule has 1 fully saturated rings. The molecule has 154 valence electrons. The summed E-state index contributed by atoms with van der Waals surface area (Å²) >= 11 is 5.24. The predicted molar refractivity (Wildman–Crippen MR) is 121 cm³/mol. The fourth-order valence-corrected chi connectivity index (χ4v) is 3.26. The van der Waals surface area contributed by atoms with Crippen molar-refractivity contribution in [1.29, 1.82) is 0 Å². The van der Waals surface area contributed by atoms with Crippen molar-refractivity contribution in [2.75, 3.05) is 18.6 Å². The minimum atomic E-state index is -0.544. The standard InChI is InChI=1S/C23H22N2O4S/c1-4-12-29-19-11-8-16(14-20(19)28-3)13-18-21(26)24-23(30)25(22(18)27)17-9-6-15(5-2)7-10-17/h4,6-11,13-14H,1,5,12H2,2-3H3,(H,24,26,30)/b18-13+. The minimum absolute atomic E-state index is 0.0232. The van der Waals surface area contributed by atoms with Gasteiger partial charge in [-0.1, -0.05) is 37.8 Å². The Balaban J connectivity index is 1.94. The van der Waals surface area contributed by atoms with Gasteiger partial charge in [0.2, 0.25) is 0 Å². The van der Waals surface area contributed by atoms with Crippen molar-refractivity contribution in [2.24, 2.45) is 0 Å². The van der Waals surface area contributed by atoms with Gasteiger partial charge in [-0.2, -0.15) is 0 Å². The van der Waals surface area contributed by atoms with Gasteiger partial charge >= 0.3 is 0 Å². The Morgan fingerprint density at radius 2 is 1.87 bits per heavy atom. The van der Waals surface area contributed by atoms with Crippen LogP contribution in [0.2, 0.25) is 0 Å². The molecule has 0 radical (unpaired) electrons. The monoisotopic (exact) mass is 422 g/mol. The molecule has 0 aliphatic carbocycles. The molecule has 1 saturated heterocycles. The van der Waals surface area contributed by atoms with Crippen LogP contribution >= 0.6 is 12.2 Å². The molecular weight excluding hydrogens is 400 g/mol. The van der Waals surface area contributed by atoms with Crippen LogP contribution in [0.15, 0.2) is 60.7 Å². The summed E-state index contributed by atoms with van der Waals surface area (Å²) in [6.07, 6.45) is 4.02. The van der Waals surface area contributed by atoms with Gasteiger partial charge in [0.05, 0.1) is 12.8 Å². The van der Waals surface area contributed by atoms with Crippen molar-refractivity contribution in [3.05, 3.63) is 71.8 Å². The topological polar surface area (TPSA) is 67.9 Å². The Kier molecular flexibility index (Phi) is 6.64. The summed E-state index contributed by atoms with van der Waals surface area (Å²) in [7, 11) is 1.52. The molecule has 2 amide bonds. The molecule has 0 bridgehead atoms. The van der Waals surface area contributed by atoms with Crippen molar-refractivity contribution in [3.63, 3.8) is 0 Å². The number of carbonyl (C=O) groups excluding carboxylic acids is 2. The fourth-order valence-electron chi connectivity index (χ4n) is 2.98. The zero-order valence-electron chi connectivity index (χ0n) is 16.8. The first-order valence-electron chi connectivity index (χ1n) is 9.40. The van der Waals surface area contributed by atoms with Crippen molar-refractivity contribution in [2.45, 2.75) is 13.3 Å². The summed E-state index contributed by atoms with van der Waals surface area (Å²) in [5, 5.41) is 2.64. The molecule has 2 aromatic rings. The van der Waals surface area contributed by atoms with Gasteiger partial charge in [0.25, 0.3) is 11.8 Å². The highest BCUT2D eigenvalue weighted by Crippen LogP contribution is 2.30. The highest BCUT2D eigenvalue weighted by Gasteiger charge is 2.34. The van der Waals surface area contributed by atoms with Gasteiger partial charge in [0, 0.05) is 0 Å². The summed E-state index contributed by atoms with van der Waals surface area (Å²) in [4.78, 5) is 26.9. The second-order valence-electron chi connectivity index (χ2n) is 6.49. The molecule has 6 nitrogen and oxygen atoms in total. The van der Waals surface area contributed by atoms with Gasteiger partial charge in [-0.25, -0.2) is 0 Å². The number of aryl methyl sites for hydroxylation is 1. The van der Waals surface area contributed by atoms with Crippen molar-refractivity contribution in [1.82, 2.24) is 5.32 Å². The van der Waals surface area contributed by atoms with Crippen LogP contribution in [0.25, 0.3) is 6.08 Å². The van der Waals surface area contributed by atoms with Crippen molar-refractivity contribution >= 4 is 40.9 Å². The number of ether oxygens (including phenoxy) is 2. The molecule has 0 aromatic heterocycles. The van der Waals surface area contributed by atoms with Gasteiger partial charge in [0.1, 0.15) is 12.2 Å². The SMILES string of the molecule is C=CCOc1ccc(/C=C2\C(=O)NC(=S)N(c3ccc(CC)cc3)C2=O)cc1OC. The molecule has 3 rings (SSSR count). The molecule has 0 spiro atoms. The molecule has 1 aliphatic heterocycles. The second kappa shape index (κ2) is 9.37. The van der Waals surface area contributed by atoms with Crippen LogP contribution in [-0.4, -0.2) is 30.6 Å². The van der Waals surface area contributed by atoms with E-state index in [1.54, 1.807) is 24.3 Å². The highest BCUT2D eigenvalue weighted by atomic mass is 32.1. The zero-order valence-corrected chi connectivity index (χ0v) is 17.6. The molecular formula is C23H22N2O4S. The normalized spacial score (nSPS) is 15.2. The smallest absolute Gasteiger partial charge is 0.270 e. The summed E-state index contributed by atoms with van der Waals surface area (Å²) in [6.45, 7) is 6.00. The van der Waals surface area contributed by atoms with Gasteiger partial charge in [-0.3, -0.25) is 19.8 Å². The Labute approximate surface area is 180 Å². The summed E-state index contributed by atoms with van der Waals surface area (Å²) < 4.78 is 10.9. The number of rotatable bonds is 7. The van der Waals surface area contributed by atoms with Crippen molar-refractivity contribution < 1.29 is 19.1 Å². The van der Waals surface area contributed by atoms with Crippen LogP contribution in [0.3, 0.4) is 0 Å². The van der Waals surface area contributed by atoms with E-state index in [0.717, 1.165) is 12.0 Å². The minimum Gasteiger partial charge on any atom is -0.493 e. The molecule has 1 heterocycles. The first kappa shape index (κ1) is 21.3. The third-order valence-corrected chi connectivity index (χ3v) is 4.84. The van der Waals surface area contributed by atoms with Crippen molar-refractivity contribution in [3.8, 4) is 11.5 Å². The lowest BCUT2D eigenvalue weighted by Gasteiger charge is -2.29. The van der Waals surface area contributed by atoms with Crippen LogP contribution in [0, 0.1) is 0 Å². The van der Waals surface area contributed by atoms with E-state index >= 15 is 0 Å². The number of nitrogens with one attached hydrogen (secondary N) is 1. The van der Waals surface area contributed by atoms with E-state index in [0.29, 0.717) is 29.4 Å². The predicted octanol–water partition coefficient (Wildman–Crippen LogP) is 3.65. The Bertz CT molecular complexity index is 1030. The van der Waals surface area contributed by atoms with Gasteiger partial charge in [0.15, 0.2) is 16.6 Å². The first-order valence-corrected chi connectivity index (χ1v) is 9.81. The second-order valence-corrected chi connectivity index (χ2v) is 6.87. The molecule has 2 aromatic carbocycles. The van der Waals surface area contributed by atoms with E-state index in [1.165, 1.54) is 18.1 Å². The summed E-state index contributed by atoms with van der Waals surface area (Å²) in [5.41, 5.74) is 2.33. The number of thiocarbonyl (C=S) groups is 1. The van der Waals surface area contributed by atoms with Crippen LogP contribution in [0.1, 0.15) is 18.1 Å². The molecule has 1 N–H and O–H groups in total. The van der Waals surface area contributed by atoms with Gasteiger partial charge in [-0.05, 0) is 60.1 Å². The Hall–Kier alpha value is -3.45. The summed E-state index contributed by atoms with van der Waals surface area (Å²) in [5.74, 6) is -0.00785. The van der Waals surface area contributed by atoms with Crippen LogP contribution < -0.4 is 19.7 Å². The molecule has 0 atom stereocenters. The molecule has 0 unspecified atom stereocenters. The average molecular weight is 423 g/mol.